The Morgan fingerprint density at radius 1 is 1.35 bits per heavy atom. The van der Waals surface area contributed by atoms with Gasteiger partial charge in [-0.1, -0.05) is 0 Å². The van der Waals surface area contributed by atoms with E-state index in [2.05, 4.69) is 4.74 Å². The van der Waals surface area contributed by atoms with Gasteiger partial charge in [-0.15, -0.1) is 0 Å². The van der Waals surface area contributed by atoms with Crippen LogP contribution in [0.4, 0.5) is 0 Å². The number of ether oxygens (including phenoxy) is 2. The third-order valence-electron chi connectivity index (χ3n) is 1.98. The predicted molar refractivity (Wildman–Crippen MR) is 75.3 cm³/mol. The summed E-state index contributed by atoms with van der Waals surface area (Å²) in [6.45, 7) is 0.620. The van der Waals surface area contributed by atoms with Crippen molar-refractivity contribution in [2.24, 2.45) is 0 Å². The molecule has 0 bridgehead atoms. The lowest BCUT2D eigenvalue weighted by atomic mass is 10.2. The van der Waals surface area contributed by atoms with Crippen LogP contribution in [-0.4, -0.2) is 37.3 Å². The minimum Gasteiger partial charge on any atom is -0.748 e. The van der Waals surface area contributed by atoms with Gasteiger partial charge in [0.1, 0.15) is 17.9 Å². The fourth-order valence-corrected chi connectivity index (χ4v) is 1.97. The first kappa shape index (κ1) is 16.9. The molecule has 0 heterocycles. The molecule has 0 amide bonds. The zero-order chi connectivity index (χ0) is 15.3. The first-order chi connectivity index (χ1) is 9.19. The molecule has 1 aromatic carbocycles. The van der Waals surface area contributed by atoms with Crippen molar-refractivity contribution in [1.82, 2.24) is 0 Å². The average Bonchev–Trinajstić information content (AvgIpc) is 2.26. The lowest BCUT2D eigenvalue weighted by molar-refractivity contribution is -0.131. The number of benzene rings is 1. The Labute approximate surface area is 129 Å². The van der Waals surface area contributed by atoms with Crippen LogP contribution in [0.3, 0.4) is 0 Å². The highest BCUT2D eigenvalue weighted by atomic mass is 127. The number of carbonyl (C=O) groups is 2. The van der Waals surface area contributed by atoms with Gasteiger partial charge in [-0.25, -0.2) is 13.2 Å². The molecule has 0 atom stereocenters. The van der Waals surface area contributed by atoms with Crippen LogP contribution in [0.1, 0.15) is 17.3 Å². The smallest absolute Gasteiger partial charge is 0.341 e. The standard InChI is InChI=1S/C11H11IO7S/c1-7(13)19-10-6-8(12)2-3-9(10)11(14)18-4-5-20(15,16)17/h2-3,6H,4-5H2,1H3,(H,15,16,17)/p-1. The Morgan fingerprint density at radius 2 is 2.00 bits per heavy atom. The number of esters is 2. The molecule has 0 spiro atoms. The van der Waals surface area contributed by atoms with Gasteiger partial charge in [0.05, 0.1) is 15.9 Å². The molecule has 110 valence electrons. The van der Waals surface area contributed by atoms with E-state index in [4.69, 9.17) is 4.74 Å². The number of carbonyl (C=O) groups excluding carboxylic acids is 2. The summed E-state index contributed by atoms with van der Waals surface area (Å²) < 4.78 is 41.4. The summed E-state index contributed by atoms with van der Waals surface area (Å²) >= 11 is 1.97. The van der Waals surface area contributed by atoms with Gasteiger partial charge in [0.15, 0.2) is 0 Å². The summed E-state index contributed by atoms with van der Waals surface area (Å²) in [6.07, 6.45) is 0. The van der Waals surface area contributed by atoms with Crippen molar-refractivity contribution in [3.8, 4) is 5.75 Å². The average molecular weight is 413 g/mol. The van der Waals surface area contributed by atoms with E-state index in [0.29, 0.717) is 0 Å². The maximum atomic E-state index is 11.7. The van der Waals surface area contributed by atoms with Gasteiger partial charge >= 0.3 is 11.9 Å². The van der Waals surface area contributed by atoms with Gasteiger partial charge in [0.25, 0.3) is 0 Å². The second kappa shape index (κ2) is 6.99. The molecule has 0 aromatic heterocycles. The van der Waals surface area contributed by atoms with Gasteiger partial charge in [0.2, 0.25) is 0 Å². The van der Waals surface area contributed by atoms with Gasteiger partial charge in [0, 0.05) is 10.5 Å². The minimum absolute atomic E-state index is 0.0133. The number of hydrogen-bond donors (Lipinski definition) is 0. The van der Waals surface area contributed by atoms with Crippen molar-refractivity contribution in [2.45, 2.75) is 6.92 Å². The van der Waals surface area contributed by atoms with Crippen LogP contribution in [0.2, 0.25) is 0 Å². The molecule has 7 nitrogen and oxygen atoms in total. The fraction of sp³-hybridized carbons (Fsp3) is 0.273. The van der Waals surface area contributed by atoms with E-state index in [-0.39, 0.29) is 11.3 Å². The van der Waals surface area contributed by atoms with Crippen molar-refractivity contribution < 1.29 is 32.0 Å². The molecule has 0 aliphatic heterocycles. The Morgan fingerprint density at radius 3 is 2.55 bits per heavy atom. The summed E-state index contributed by atoms with van der Waals surface area (Å²) in [4.78, 5) is 22.7. The molecule has 0 radical (unpaired) electrons. The van der Waals surface area contributed by atoms with E-state index in [9.17, 15) is 22.6 Å². The molecule has 1 aromatic rings. The number of rotatable bonds is 5. The molecule has 0 aliphatic rings. The first-order valence-corrected chi connectivity index (χ1v) is 7.93. The van der Waals surface area contributed by atoms with E-state index in [0.717, 1.165) is 3.57 Å². The minimum atomic E-state index is -4.45. The summed E-state index contributed by atoms with van der Waals surface area (Å²) in [5.41, 5.74) is -0.0242. The van der Waals surface area contributed by atoms with Crippen LogP contribution >= 0.6 is 22.6 Å². The maximum Gasteiger partial charge on any atom is 0.341 e. The molecular formula is C11H10IO7S-. The van der Waals surface area contributed by atoms with Crippen molar-refractivity contribution in [3.05, 3.63) is 27.3 Å². The molecule has 9 heteroatoms. The molecular weight excluding hydrogens is 403 g/mol. The monoisotopic (exact) mass is 413 g/mol. The zero-order valence-corrected chi connectivity index (χ0v) is 13.3. The molecule has 0 N–H and O–H groups in total. The van der Waals surface area contributed by atoms with Gasteiger partial charge in [-0.3, -0.25) is 4.79 Å². The summed E-state index contributed by atoms with van der Waals surface area (Å²) in [5, 5.41) is 0. The van der Waals surface area contributed by atoms with Gasteiger partial charge in [-0.2, -0.15) is 0 Å². The van der Waals surface area contributed by atoms with Crippen molar-refractivity contribution in [2.75, 3.05) is 12.4 Å². The molecule has 0 saturated heterocycles. The molecule has 0 unspecified atom stereocenters. The van der Waals surface area contributed by atoms with Gasteiger partial charge in [-0.05, 0) is 40.8 Å². The fourth-order valence-electron chi connectivity index (χ4n) is 1.22. The Kier molecular flexibility index (Phi) is 5.89. The SMILES string of the molecule is CC(=O)Oc1cc(I)ccc1C(=O)OCCS(=O)(=O)[O-]. The summed E-state index contributed by atoms with van der Waals surface area (Å²) in [5.74, 6) is -2.28. The Balaban J connectivity index is 2.84. The van der Waals surface area contributed by atoms with E-state index in [1.54, 1.807) is 6.07 Å². The number of hydrogen-bond acceptors (Lipinski definition) is 7. The van der Waals surface area contributed by atoms with E-state index in [1.165, 1.54) is 19.1 Å². The lowest BCUT2D eigenvalue weighted by Gasteiger charge is -2.10. The van der Waals surface area contributed by atoms with Crippen LogP contribution in [-0.2, 0) is 19.6 Å². The third-order valence-corrected chi connectivity index (χ3v) is 3.32. The highest BCUT2D eigenvalue weighted by Gasteiger charge is 2.16. The van der Waals surface area contributed by atoms with Gasteiger partial charge < -0.3 is 14.0 Å². The topological polar surface area (TPSA) is 110 Å². The van der Waals surface area contributed by atoms with Crippen molar-refractivity contribution >= 4 is 44.6 Å². The van der Waals surface area contributed by atoms with Crippen molar-refractivity contribution in [1.29, 1.82) is 0 Å². The van der Waals surface area contributed by atoms with Crippen LogP contribution in [0, 0.1) is 3.57 Å². The highest BCUT2D eigenvalue weighted by Crippen LogP contribution is 2.22. The first-order valence-electron chi connectivity index (χ1n) is 5.27. The van der Waals surface area contributed by atoms with E-state index >= 15 is 0 Å². The van der Waals surface area contributed by atoms with Crippen LogP contribution in [0.25, 0.3) is 0 Å². The van der Waals surface area contributed by atoms with E-state index in [1.807, 2.05) is 22.6 Å². The second-order valence-electron chi connectivity index (χ2n) is 3.63. The Hall–Kier alpha value is -1.20. The quantitative estimate of drug-likeness (QED) is 0.306. The molecule has 0 saturated carbocycles. The van der Waals surface area contributed by atoms with Crippen molar-refractivity contribution in [3.63, 3.8) is 0 Å². The number of halogens is 1. The normalized spacial score (nSPS) is 10.9. The summed E-state index contributed by atoms with van der Waals surface area (Å²) in [7, 11) is -4.45. The van der Waals surface area contributed by atoms with Crippen LogP contribution in [0.15, 0.2) is 18.2 Å². The Bertz CT molecular complexity index is 624. The highest BCUT2D eigenvalue weighted by molar-refractivity contribution is 14.1. The van der Waals surface area contributed by atoms with E-state index < -0.39 is 34.4 Å². The molecule has 1 rings (SSSR count). The maximum absolute atomic E-state index is 11.7. The second-order valence-corrected chi connectivity index (χ2v) is 6.40. The predicted octanol–water partition coefficient (Wildman–Crippen LogP) is 0.919. The largest absolute Gasteiger partial charge is 0.748 e. The summed E-state index contributed by atoms with van der Waals surface area (Å²) in [6, 6.07) is 4.44. The molecule has 0 aliphatic carbocycles. The van der Waals surface area contributed by atoms with Crippen LogP contribution < -0.4 is 4.74 Å². The third kappa shape index (κ3) is 5.84. The molecule has 0 fully saturated rings. The van der Waals surface area contributed by atoms with Crippen LogP contribution in [0.5, 0.6) is 5.75 Å². The lowest BCUT2D eigenvalue weighted by Crippen LogP contribution is -2.16. The molecule has 20 heavy (non-hydrogen) atoms. The zero-order valence-electron chi connectivity index (χ0n) is 10.3.